The average Bonchev–Trinajstić information content (AvgIpc) is 1.61. The first-order chi connectivity index (χ1) is 3.91. The van der Waals surface area contributed by atoms with Gasteiger partial charge in [0, 0.05) is 13.1 Å². The number of phosphoric acid groups is 1. The van der Waals surface area contributed by atoms with Crippen molar-refractivity contribution in [3.05, 3.63) is 0 Å². The maximum absolute atomic E-state index is 8.66. The molecular weight excluding hydrogens is 193 g/mol. The standard InChI is InChI=1S/C2H8N2.2Na.H3O4P/c3-1-2-4;;;1-5(2,3)4/h1-4H2;;;(H3,1,2,3,4)/q;2*+1;/p-2. The zero-order valence-electron chi connectivity index (χ0n) is 6.69. The molecule has 0 aromatic heterocycles. The minimum absolute atomic E-state index is 0. The van der Waals surface area contributed by atoms with E-state index in [1.807, 2.05) is 0 Å². The first-order valence-electron chi connectivity index (χ1n) is 2.06. The average molecular weight is 202 g/mol. The molecule has 0 aliphatic rings. The summed E-state index contributed by atoms with van der Waals surface area (Å²) in [5, 5.41) is 0. The van der Waals surface area contributed by atoms with Crippen LogP contribution in [0.2, 0.25) is 0 Å². The molecule has 6 nitrogen and oxygen atoms in total. The summed E-state index contributed by atoms with van der Waals surface area (Å²) in [4.78, 5) is 24.3. The number of nitrogens with two attached hydrogens (primary N) is 2. The molecule has 0 saturated heterocycles. The number of rotatable bonds is 1. The summed E-state index contributed by atoms with van der Waals surface area (Å²) in [7, 11) is -5.14. The molecular formula is C2H9N2Na2O4P. The fourth-order valence-electron chi connectivity index (χ4n) is 0. The summed E-state index contributed by atoms with van der Waals surface area (Å²) < 4.78 is 8.66. The SMILES string of the molecule is NCCN.O=P([O-])([O-])O.[Na+].[Na+]. The van der Waals surface area contributed by atoms with Crippen molar-refractivity contribution in [1.29, 1.82) is 0 Å². The Balaban J connectivity index is -0.0000000383. The van der Waals surface area contributed by atoms with E-state index in [4.69, 9.17) is 30.7 Å². The van der Waals surface area contributed by atoms with Gasteiger partial charge in [-0.1, -0.05) is 0 Å². The van der Waals surface area contributed by atoms with Gasteiger partial charge in [0.1, 0.15) is 0 Å². The summed E-state index contributed by atoms with van der Waals surface area (Å²) in [6.07, 6.45) is 0. The molecule has 0 atom stereocenters. The molecule has 0 aromatic rings. The zero-order chi connectivity index (χ0) is 7.91. The van der Waals surface area contributed by atoms with Crippen LogP contribution in [-0.2, 0) is 4.57 Å². The Kier molecular flexibility index (Phi) is 30.6. The Morgan fingerprint density at radius 3 is 1.27 bits per heavy atom. The second-order valence-electron chi connectivity index (χ2n) is 1.05. The molecule has 0 unspecified atom stereocenters. The molecule has 0 rings (SSSR count). The van der Waals surface area contributed by atoms with Crippen LogP contribution in [0.25, 0.3) is 0 Å². The van der Waals surface area contributed by atoms with Crippen molar-refractivity contribution >= 4 is 7.82 Å². The van der Waals surface area contributed by atoms with Gasteiger partial charge >= 0.3 is 59.1 Å². The van der Waals surface area contributed by atoms with Gasteiger partial charge in [-0.3, -0.25) is 0 Å². The molecule has 0 saturated carbocycles. The summed E-state index contributed by atoms with van der Waals surface area (Å²) in [5.41, 5.74) is 9.81. The fourth-order valence-corrected chi connectivity index (χ4v) is 0. The Morgan fingerprint density at radius 2 is 1.27 bits per heavy atom. The first kappa shape index (κ1) is 23.1. The smallest absolute Gasteiger partial charge is 0.790 e. The van der Waals surface area contributed by atoms with Crippen LogP contribution in [0.3, 0.4) is 0 Å². The van der Waals surface area contributed by atoms with Gasteiger partial charge in [-0.15, -0.1) is 0 Å². The normalized spacial score (nSPS) is 8.09. The van der Waals surface area contributed by atoms with Gasteiger partial charge in [0.25, 0.3) is 0 Å². The molecule has 0 radical (unpaired) electrons. The van der Waals surface area contributed by atoms with Gasteiger partial charge in [-0.05, 0) is 0 Å². The monoisotopic (exact) mass is 202 g/mol. The van der Waals surface area contributed by atoms with Crippen LogP contribution in [0.4, 0.5) is 0 Å². The Bertz CT molecular complexity index is 87.8. The molecule has 0 bridgehead atoms. The molecule has 0 aliphatic carbocycles. The molecule has 58 valence electrons. The third-order valence-electron chi connectivity index (χ3n) is 0.167. The maximum atomic E-state index is 8.66. The quantitative estimate of drug-likeness (QED) is 0.285. The summed E-state index contributed by atoms with van der Waals surface area (Å²) in [6, 6.07) is 0. The largest absolute Gasteiger partial charge is 1.00 e. The summed E-state index contributed by atoms with van der Waals surface area (Å²) in [5.74, 6) is 0. The Hall–Kier alpha value is 2.03. The molecule has 0 fully saturated rings. The Labute approximate surface area is 110 Å². The number of hydrogen-bond donors (Lipinski definition) is 3. The van der Waals surface area contributed by atoms with Gasteiger partial charge in [-0.25, -0.2) is 0 Å². The molecule has 5 N–H and O–H groups in total. The van der Waals surface area contributed by atoms with Crippen molar-refractivity contribution in [3.8, 4) is 0 Å². The van der Waals surface area contributed by atoms with Gasteiger partial charge in [0.2, 0.25) is 0 Å². The molecule has 0 amide bonds. The van der Waals surface area contributed by atoms with Crippen LogP contribution in [0.15, 0.2) is 0 Å². The molecule has 9 heteroatoms. The van der Waals surface area contributed by atoms with Crippen molar-refractivity contribution in [3.63, 3.8) is 0 Å². The van der Waals surface area contributed by atoms with E-state index >= 15 is 0 Å². The van der Waals surface area contributed by atoms with Crippen molar-refractivity contribution in [2.24, 2.45) is 11.5 Å². The topological polar surface area (TPSA) is 135 Å². The molecule has 0 spiro atoms. The van der Waals surface area contributed by atoms with Crippen molar-refractivity contribution in [1.82, 2.24) is 0 Å². The van der Waals surface area contributed by atoms with Gasteiger partial charge < -0.3 is 30.7 Å². The van der Waals surface area contributed by atoms with Crippen LogP contribution < -0.4 is 80.4 Å². The minimum atomic E-state index is -5.14. The van der Waals surface area contributed by atoms with E-state index in [1.54, 1.807) is 0 Å². The first-order valence-corrected chi connectivity index (χ1v) is 3.56. The fraction of sp³-hybridized carbons (Fsp3) is 1.00. The molecule has 0 aromatic carbocycles. The number of hydrogen-bond acceptors (Lipinski definition) is 5. The van der Waals surface area contributed by atoms with Crippen molar-refractivity contribution in [2.45, 2.75) is 0 Å². The van der Waals surface area contributed by atoms with Gasteiger partial charge in [0.15, 0.2) is 0 Å². The molecule has 0 aliphatic heterocycles. The predicted octanol–water partition coefficient (Wildman–Crippen LogP) is -9.28. The summed E-state index contributed by atoms with van der Waals surface area (Å²) >= 11 is 0. The van der Waals surface area contributed by atoms with Crippen LogP contribution >= 0.6 is 7.82 Å². The Morgan fingerprint density at radius 1 is 1.18 bits per heavy atom. The van der Waals surface area contributed by atoms with Crippen LogP contribution in [0, 0.1) is 0 Å². The second kappa shape index (κ2) is 14.5. The van der Waals surface area contributed by atoms with Crippen LogP contribution in [0.1, 0.15) is 0 Å². The van der Waals surface area contributed by atoms with E-state index in [0.717, 1.165) is 0 Å². The zero-order valence-corrected chi connectivity index (χ0v) is 11.6. The minimum Gasteiger partial charge on any atom is -0.790 e. The van der Waals surface area contributed by atoms with Crippen molar-refractivity contribution in [2.75, 3.05) is 13.1 Å². The summed E-state index contributed by atoms with van der Waals surface area (Å²) in [6.45, 7) is 1.19. The van der Waals surface area contributed by atoms with E-state index in [1.165, 1.54) is 0 Å². The van der Waals surface area contributed by atoms with Gasteiger partial charge in [0.05, 0.1) is 7.82 Å². The van der Waals surface area contributed by atoms with E-state index in [0.29, 0.717) is 13.1 Å². The van der Waals surface area contributed by atoms with E-state index in [-0.39, 0.29) is 59.1 Å². The van der Waals surface area contributed by atoms with Gasteiger partial charge in [-0.2, -0.15) is 0 Å². The maximum Gasteiger partial charge on any atom is 1.00 e. The van der Waals surface area contributed by atoms with Crippen LogP contribution in [0.5, 0.6) is 0 Å². The third kappa shape index (κ3) is 132. The van der Waals surface area contributed by atoms with E-state index in [2.05, 4.69) is 0 Å². The van der Waals surface area contributed by atoms with E-state index in [9.17, 15) is 0 Å². The second-order valence-corrected chi connectivity index (χ2v) is 1.98. The van der Waals surface area contributed by atoms with Crippen molar-refractivity contribution < 1.29 is 78.4 Å². The van der Waals surface area contributed by atoms with E-state index < -0.39 is 7.82 Å². The third-order valence-corrected chi connectivity index (χ3v) is 0.167. The predicted molar refractivity (Wildman–Crippen MR) is 27.9 cm³/mol. The molecule has 11 heavy (non-hydrogen) atoms. The molecule has 0 heterocycles. The van der Waals surface area contributed by atoms with Crippen LogP contribution in [-0.4, -0.2) is 18.0 Å².